The Bertz CT molecular complexity index is 481. The van der Waals surface area contributed by atoms with Gasteiger partial charge in [0.15, 0.2) is 0 Å². The highest BCUT2D eigenvalue weighted by atomic mass is 35.5. The molecule has 6 heteroatoms. The van der Waals surface area contributed by atoms with E-state index in [1.165, 1.54) is 0 Å². The molecule has 0 radical (unpaired) electrons. The Morgan fingerprint density at radius 1 is 1.30 bits per heavy atom. The lowest BCUT2D eigenvalue weighted by Gasteiger charge is -2.29. The summed E-state index contributed by atoms with van der Waals surface area (Å²) in [7, 11) is 3.46. The van der Waals surface area contributed by atoms with Gasteiger partial charge in [-0.2, -0.15) is 0 Å². The number of carbonyl (C=O) groups excluding carboxylic acids is 1. The van der Waals surface area contributed by atoms with Crippen LogP contribution in [0.5, 0.6) is 5.75 Å². The first-order chi connectivity index (χ1) is 10.4. The van der Waals surface area contributed by atoms with Gasteiger partial charge in [0.25, 0.3) is 5.91 Å². The van der Waals surface area contributed by atoms with Crippen LogP contribution < -0.4 is 10.5 Å². The SMILES string of the molecule is COCCCOc1cccc(C(=O)N(C)CC(C)(C)CN)c1.Cl. The maximum absolute atomic E-state index is 12.5. The summed E-state index contributed by atoms with van der Waals surface area (Å²) in [6.45, 7) is 6.48. The molecule has 0 unspecified atom stereocenters. The van der Waals surface area contributed by atoms with Gasteiger partial charge < -0.3 is 20.1 Å². The topological polar surface area (TPSA) is 64.8 Å². The minimum atomic E-state index is -0.0985. The molecule has 1 amide bonds. The summed E-state index contributed by atoms with van der Waals surface area (Å²) in [6.07, 6.45) is 0.819. The van der Waals surface area contributed by atoms with E-state index in [-0.39, 0.29) is 23.7 Å². The quantitative estimate of drug-likeness (QED) is 0.699. The molecular formula is C17H29ClN2O3. The number of nitrogens with zero attached hydrogens (tertiary/aromatic N) is 1. The van der Waals surface area contributed by atoms with Crippen molar-refractivity contribution in [3.8, 4) is 5.75 Å². The molecule has 0 heterocycles. The number of methoxy groups -OCH3 is 1. The molecule has 5 nitrogen and oxygen atoms in total. The van der Waals surface area contributed by atoms with Crippen molar-refractivity contribution in [2.75, 3.05) is 40.5 Å². The number of ether oxygens (including phenoxy) is 2. The molecule has 1 rings (SSSR count). The molecule has 1 aromatic rings. The normalized spacial score (nSPS) is 10.8. The first kappa shape index (κ1) is 21.7. The van der Waals surface area contributed by atoms with Gasteiger partial charge in [-0.3, -0.25) is 4.79 Å². The van der Waals surface area contributed by atoms with Gasteiger partial charge in [-0.15, -0.1) is 12.4 Å². The van der Waals surface area contributed by atoms with E-state index >= 15 is 0 Å². The van der Waals surface area contributed by atoms with Crippen LogP contribution >= 0.6 is 12.4 Å². The average molecular weight is 345 g/mol. The van der Waals surface area contributed by atoms with E-state index in [1.807, 2.05) is 26.0 Å². The molecule has 0 spiro atoms. The summed E-state index contributed by atoms with van der Waals surface area (Å²) in [4.78, 5) is 14.2. The molecule has 0 aromatic heterocycles. The van der Waals surface area contributed by atoms with Crippen molar-refractivity contribution < 1.29 is 14.3 Å². The number of benzene rings is 1. The summed E-state index contributed by atoms with van der Waals surface area (Å²) < 4.78 is 10.6. The Balaban J connectivity index is 0.00000484. The molecule has 0 aliphatic carbocycles. The molecule has 0 aliphatic heterocycles. The number of hydrogen-bond acceptors (Lipinski definition) is 4. The van der Waals surface area contributed by atoms with Crippen LogP contribution in [0, 0.1) is 5.41 Å². The van der Waals surface area contributed by atoms with Crippen molar-refractivity contribution in [1.29, 1.82) is 0 Å². The minimum absolute atomic E-state index is 0. The van der Waals surface area contributed by atoms with Gasteiger partial charge >= 0.3 is 0 Å². The molecule has 1 aromatic carbocycles. The fourth-order valence-corrected chi connectivity index (χ4v) is 2.11. The average Bonchev–Trinajstić information content (AvgIpc) is 2.50. The number of amides is 1. The van der Waals surface area contributed by atoms with E-state index in [0.717, 1.165) is 6.42 Å². The van der Waals surface area contributed by atoms with Crippen molar-refractivity contribution in [1.82, 2.24) is 4.90 Å². The third kappa shape index (κ3) is 7.68. The molecule has 0 fully saturated rings. The van der Waals surface area contributed by atoms with E-state index in [0.29, 0.717) is 37.6 Å². The summed E-state index contributed by atoms with van der Waals surface area (Å²) in [5, 5.41) is 0. The standard InChI is InChI=1S/C17H28N2O3.ClH/c1-17(2,12-18)13-19(3)16(20)14-7-5-8-15(11-14)22-10-6-9-21-4;/h5,7-8,11H,6,9-10,12-13,18H2,1-4H3;1H. The lowest BCUT2D eigenvalue weighted by atomic mass is 9.93. The maximum Gasteiger partial charge on any atom is 0.253 e. The number of halogens is 1. The maximum atomic E-state index is 12.5. The van der Waals surface area contributed by atoms with Gasteiger partial charge in [0, 0.05) is 39.3 Å². The molecular weight excluding hydrogens is 316 g/mol. The summed E-state index contributed by atoms with van der Waals surface area (Å²) in [5.74, 6) is 0.678. The lowest BCUT2D eigenvalue weighted by molar-refractivity contribution is 0.0740. The second-order valence-electron chi connectivity index (χ2n) is 6.25. The van der Waals surface area contributed by atoms with Crippen LogP contribution in [-0.2, 0) is 4.74 Å². The zero-order chi connectivity index (χ0) is 16.6. The molecule has 2 N–H and O–H groups in total. The Labute approximate surface area is 145 Å². The zero-order valence-electron chi connectivity index (χ0n) is 14.5. The molecule has 0 aliphatic rings. The first-order valence-electron chi connectivity index (χ1n) is 7.57. The summed E-state index contributed by atoms with van der Waals surface area (Å²) in [5.41, 5.74) is 6.25. The fourth-order valence-electron chi connectivity index (χ4n) is 2.11. The van der Waals surface area contributed by atoms with Crippen LogP contribution in [0.2, 0.25) is 0 Å². The van der Waals surface area contributed by atoms with Gasteiger partial charge in [0.05, 0.1) is 6.61 Å². The van der Waals surface area contributed by atoms with E-state index in [2.05, 4.69) is 0 Å². The van der Waals surface area contributed by atoms with Crippen molar-refractivity contribution >= 4 is 18.3 Å². The highest BCUT2D eigenvalue weighted by molar-refractivity contribution is 5.94. The lowest BCUT2D eigenvalue weighted by Crippen LogP contribution is -2.39. The van der Waals surface area contributed by atoms with E-state index in [1.54, 1.807) is 31.2 Å². The summed E-state index contributed by atoms with van der Waals surface area (Å²) in [6, 6.07) is 7.27. The third-order valence-electron chi connectivity index (χ3n) is 3.41. The predicted octanol–water partition coefficient (Wildman–Crippen LogP) is 2.58. The van der Waals surface area contributed by atoms with E-state index < -0.39 is 0 Å². The Morgan fingerprint density at radius 3 is 2.61 bits per heavy atom. The van der Waals surface area contributed by atoms with Crippen molar-refractivity contribution in [3.63, 3.8) is 0 Å². The number of rotatable bonds is 9. The van der Waals surface area contributed by atoms with E-state index in [4.69, 9.17) is 15.2 Å². The largest absolute Gasteiger partial charge is 0.493 e. The minimum Gasteiger partial charge on any atom is -0.493 e. The van der Waals surface area contributed by atoms with Crippen LogP contribution in [0.3, 0.4) is 0 Å². The number of carbonyl (C=O) groups is 1. The predicted molar refractivity (Wildman–Crippen MR) is 95.5 cm³/mol. The van der Waals surface area contributed by atoms with Gasteiger partial charge in [0.2, 0.25) is 0 Å². The molecule has 132 valence electrons. The molecule has 0 saturated heterocycles. The van der Waals surface area contributed by atoms with Crippen LogP contribution in [0.15, 0.2) is 24.3 Å². The summed E-state index contributed by atoms with van der Waals surface area (Å²) >= 11 is 0. The number of hydrogen-bond donors (Lipinski definition) is 1. The highest BCUT2D eigenvalue weighted by Gasteiger charge is 2.22. The third-order valence-corrected chi connectivity index (χ3v) is 3.41. The van der Waals surface area contributed by atoms with Crippen molar-refractivity contribution in [3.05, 3.63) is 29.8 Å². The molecule has 0 atom stereocenters. The monoisotopic (exact) mass is 344 g/mol. The van der Waals surface area contributed by atoms with Crippen molar-refractivity contribution in [2.45, 2.75) is 20.3 Å². The van der Waals surface area contributed by atoms with Gasteiger partial charge in [-0.05, 0) is 30.2 Å². The van der Waals surface area contributed by atoms with Crippen LogP contribution in [-0.4, -0.2) is 51.3 Å². The van der Waals surface area contributed by atoms with Gasteiger partial charge in [-0.25, -0.2) is 0 Å². The molecule has 0 bridgehead atoms. The Kier molecular flexibility index (Phi) is 9.88. The van der Waals surface area contributed by atoms with Gasteiger partial charge in [-0.1, -0.05) is 19.9 Å². The van der Waals surface area contributed by atoms with Gasteiger partial charge in [0.1, 0.15) is 5.75 Å². The van der Waals surface area contributed by atoms with Crippen LogP contribution in [0.1, 0.15) is 30.6 Å². The van der Waals surface area contributed by atoms with Crippen LogP contribution in [0.25, 0.3) is 0 Å². The zero-order valence-corrected chi connectivity index (χ0v) is 15.3. The molecule has 0 saturated carbocycles. The highest BCUT2D eigenvalue weighted by Crippen LogP contribution is 2.18. The first-order valence-corrected chi connectivity index (χ1v) is 7.57. The smallest absolute Gasteiger partial charge is 0.253 e. The van der Waals surface area contributed by atoms with E-state index in [9.17, 15) is 4.79 Å². The Morgan fingerprint density at radius 2 is 2.00 bits per heavy atom. The fraction of sp³-hybridized carbons (Fsp3) is 0.588. The second-order valence-corrected chi connectivity index (χ2v) is 6.25. The molecule has 23 heavy (non-hydrogen) atoms. The van der Waals surface area contributed by atoms with Crippen molar-refractivity contribution in [2.24, 2.45) is 11.1 Å². The van der Waals surface area contributed by atoms with Crippen LogP contribution in [0.4, 0.5) is 0 Å². The second kappa shape index (κ2) is 10.5. The number of nitrogens with two attached hydrogens (primary N) is 1. The Hall–Kier alpha value is -1.30.